The van der Waals surface area contributed by atoms with Crippen molar-refractivity contribution >= 4 is 11.6 Å². The van der Waals surface area contributed by atoms with Crippen molar-refractivity contribution in [2.24, 2.45) is 5.92 Å². The number of nitrogen functional groups attached to an aromatic ring is 1. The van der Waals surface area contributed by atoms with Crippen LogP contribution in [0.4, 0.5) is 5.69 Å². The first kappa shape index (κ1) is 14.7. The SMILES string of the molecule is CCOc1cc(N)cc(C(=O)N2CCCC2C(C)C)c1. The lowest BCUT2D eigenvalue weighted by molar-refractivity contribution is 0.0701. The molecule has 1 fully saturated rings. The Labute approximate surface area is 120 Å². The molecule has 4 nitrogen and oxygen atoms in total. The summed E-state index contributed by atoms with van der Waals surface area (Å²) in [5.41, 5.74) is 7.06. The van der Waals surface area contributed by atoms with E-state index in [9.17, 15) is 4.79 Å². The van der Waals surface area contributed by atoms with Gasteiger partial charge in [-0.1, -0.05) is 13.8 Å². The molecule has 1 heterocycles. The van der Waals surface area contributed by atoms with Gasteiger partial charge in [0.05, 0.1) is 6.61 Å². The summed E-state index contributed by atoms with van der Waals surface area (Å²) < 4.78 is 5.46. The van der Waals surface area contributed by atoms with E-state index in [1.165, 1.54) is 0 Å². The molecule has 1 aliphatic heterocycles. The average molecular weight is 276 g/mol. The molecule has 2 N–H and O–H groups in total. The van der Waals surface area contributed by atoms with E-state index < -0.39 is 0 Å². The van der Waals surface area contributed by atoms with E-state index in [0.29, 0.717) is 35.6 Å². The zero-order chi connectivity index (χ0) is 14.7. The van der Waals surface area contributed by atoms with Gasteiger partial charge in [-0.05, 0) is 37.8 Å². The van der Waals surface area contributed by atoms with E-state index in [4.69, 9.17) is 10.5 Å². The van der Waals surface area contributed by atoms with Crippen molar-refractivity contribution in [1.29, 1.82) is 0 Å². The number of carbonyl (C=O) groups is 1. The molecule has 0 aromatic heterocycles. The van der Waals surface area contributed by atoms with Crippen LogP contribution in [0, 0.1) is 5.92 Å². The van der Waals surface area contributed by atoms with Gasteiger partial charge in [0.1, 0.15) is 5.75 Å². The van der Waals surface area contributed by atoms with Crippen LogP contribution in [0.5, 0.6) is 5.75 Å². The third-order valence-corrected chi connectivity index (χ3v) is 3.82. The first-order chi connectivity index (χ1) is 9.52. The highest BCUT2D eigenvalue weighted by atomic mass is 16.5. The molecule has 0 spiro atoms. The fourth-order valence-corrected chi connectivity index (χ4v) is 2.90. The molecule has 1 atom stereocenters. The highest BCUT2D eigenvalue weighted by Crippen LogP contribution is 2.27. The van der Waals surface area contributed by atoms with Crippen LogP contribution >= 0.6 is 0 Å². The van der Waals surface area contributed by atoms with Gasteiger partial charge in [-0.2, -0.15) is 0 Å². The van der Waals surface area contributed by atoms with Gasteiger partial charge in [0, 0.05) is 29.9 Å². The molecule has 0 bridgehead atoms. The van der Waals surface area contributed by atoms with Crippen molar-refractivity contribution < 1.29 is 9.53 Å². The van der Waals surface area contributed by atoms with Crippen LogP contribution in [0.15, 0.2) is 18.2 Å². The first-order valence-electron chi connectivity index (χ1n) is 7.37. The Balaban J connectivity index is 2.24. The van der Waals surface area contributed by atoms with Crippen LogP contribution in [-0.2, 0) is 0 Å². The molecule has 0 aliphatic carbocycles. The molecule has 2 rings (SSSR count). The maximum atomic E-state index is 12.7. The first-order valence-corrected chi connectivity index (χ1v) is 7.37. The number of benzene rings is 1. The molecule has 1 amide bonds. The molecular weight excluding hydrogens is 252 g/mol. The number of anilines is 1. The summed E-state index contributed by atoms with van der Waals surface area (Å²) in [6.45, 7) is 7.65. The Morgan fingerprint density at radius 1 is 1.45 bits per heavy atom. The second-order valence-corrected chi connectivity index (χ2v) is 5.68. The fourth-order valence-electron chi connectivity index (χ4n) is 2.90. The van der Waals surface area contributed by atoms with E-state index in [1.807, 2.05) is 11.8 Å². The van der Waals surface area contributed by atoms with E-state index >= 15 is 0 Å². The Hall–Kier alpha value is -1.71. The van der Waals surface area contributed by atoms with Crippen molar-refractivity contribution in [2.75, 3.05) is 18.9 Å². The van der Waals surface area contributed by atoms with Crippen LogP contribution in [0.1, 0.15) is 44.0 Å². The van der Waals surface area contributed by atoms with Gasteiger partial charge in [-0.25, -0.2) is 0 Å². The lowest BCUT2D eigenvalue weighted by Crippen LogP contribution is -2.38. The standard InChI is InChI=1S/C16H24N2O2/c1-4-20-14-9-12(8-13(17)10-14)16(19)18-7-5-6-15(18)11(2)3/h8-11,15H,4-7,17H2,1-3H3. The van der Waals surface area contributed by atoms with Gasteiger partial charge in [0.15, 0.2) is 0 Å². The third kappa shape index (κ3) is 3.06. The number of ether oxygens (including phenoxy) is 1. The normalized spacial score (nSPS) is 18.6. The van der Waals surface area contributed by atoms with Gasteiger partial charge in [-0.15, -0.1) is 0 Å². The molecule has 0 saturated carbocycles. The summed E-state index contributed by atoms with van der Waals surface area (Å²) in [5, 5.41) is 0. The number of amides is 1. The molecule has 1 aliphatic rings. The monoisotopic (exact) mass is 276 g/mol. The number of hydrogen-bond acceptors (Lipinski definition) is 3. The smallest absolute Gasteiger partial charge is 0.254 e. The predicted molar refractivity (Wildman–Crippen MR) is 80.9 cm³/mol. The summed E-state index contributed by atoms with van der Waals surface area (Å²) in [4.78, 5) is 14.7. The topological polar surface area (TPSA) is 55.6 Å². The van der Waals surface area contributed by atoms with Crippen molar-refractivity contribution in [2.45, 2.75) is 39.7 Å². The highest BCUT2D eigenvalue weighted by Gasteiger charge is 2.31. The molecule has 20 heavy (non-hydrogen) atoms. The molecular formula is C16H24N2O2. The summed E-state index contributed by atoms with van der Waals surface area (Å²) in [6, 6.07) is 5.61. The number of rotatable bonds is 4. The second-order valence-electron chi connectivity index (χ2n) is 5.68. The van der Waals surface area contributed by atoms with Crippen LogP contribution < -0.4 is 10.5 Å². The molecule has 0 radical (unpaired) electrons. The van der Waals surface area contributed by atoms with Gasteiger partial charge in [0.25, 0.3) is 5.91 Å². The number of likely N-dealkylation sites (tertiary alicyclic amines) is 1. The zero-order valence-electron chi connectivity index (χ0n) is 12.6. The predicted octanol–water partition coefficient (Wildman–Crippen LogP) is 2.93. The van der Waals surface area contributed by atoms with Crippen LogP contribution in [0.3, 0.4) is 0 Å². The Kier molecular flexibility index (Phi) is 4.53. The summed E-state index contributed by atoms with van der Waals surface area (Å²) >= 11 is 0. The minimum absolute atomic E-state index is 0.0643. The van der Waals surface area contributed by atoms with E-state index in [2.05, 4.69) is 13.8 Å². The summed E-state index contributed by atoms with van der Waals surface area (Å²) in [5.74, 6) is 1.21. The van der Waals surface area contributed by atoms with Crippen molar-refractivity contribution in [3.8, 4) is 5.75 Å². The van der Waals surface area contributed by atoms with E-state index in [0.717, 1.165) is 19.4 Å². The third-order valence-electron chi connectivity index (χ3n) is 3.82. The quantitative estimate of drug-likeness (QED) is 0.860. The van der Waals surface area contributed by atoms with Gasteiger partial charge < -0.3 is 15.4 Å². The number of nitrogens with two attached hydrogens (primary N) is 1. The van der Waals surface area contributed by atoms with Crippen LogP contribution in [0.2, 0.25) is 0 Å². The Morgan fingerprint density at radius 2 is 2.20 bits per heavy atom. The van der Waals surface area contributed by atoms with Crippen molar-refractivity contribution in [3.63, 3.8) is 0 Å². The average Bonchev–Trinajstić information content (AvgIpc) is 2.86. The molecule has 1 aromatic rings. The molecule has 110 valence electrons. The number of carbonyl (C=O) groups excluding carboxylic acids is 1. The minimum atomic E-state index is 0.0643. The molecule has 1 unspecified atom stereocenters. The number of hydrogen-bond donors (Lipinski definition) is 1. The van der Waals surface area contributed by atoms with Crippen LogP contribution in [-0.4, -0.2) is 30.0 Å². The molecule has 4 heteroatoms. The highest BCUT2D eigenvalue weighted by molar-refractivity contribution is 5.96. The van der Waals surface area contributed by atoms with Gasteiger partial charge in [0.2, 0.25) is 0 Å². The van der Waals surface area contributed by atoms with Gasteiger partial charge in [-0.3, -0.25) is 4.79 Å². The zero-order valence-corrected chi connectivity index (χ0v) is 12.6. The van der Waals surface area contributed by atoms with Crippen molar-refractivity contribution in [3.05, 3.63) is 23.8 Å². The lowest BCUT2D eigenvalue weighted by atomic mass is 10.0. The molecule has 1 aromatic carbocycles. The Morgan fingerprint density at radius 3 is 2.85 bits per heavy atom. The minimum Gasteiger partial charge on any atom is -0.494 e. The van der Waals surface area contributed by atoms with E-state index in [1.54, 1.807) is 18.2 Å². The summed E-state index contributed by atoms with van der Waals surface area (Å²) in [6.07, 6.45) is 2.17. The Bertz CT molecular complexity index is 485. The fraction of sp³-hybridized carbons (Fsp3) is 0.562. The molecule has 1 saturated heterocycles. The largest absolute Gasteiger partial charge is 0.494 e. The maximum absolute atomic E-state index is 12.7. The van der Waals surface area contributed by atoms with Gasteiger partial charge >= 0.3 is 0 Å². The van der Waals surface area contributed by atoms with Crippen molar-refractivity contribution in [1.82, 2.24) is 4.90 Å². The second kappa shape index (κ2) is 6.16. The van der Waals surface area contributed by atoms with E-state index in [-0.39, 0.29) is 5.91 Å². The summed E-state index contributed by atoms with van der Waals surface area (Å²) in [7, 11) is 0. The van der Waals surface area contributed by atoms with Crippen LogP contribution in [0.25, 0.3) is 0 Å². The number of nitrogens with zero attached hydrogens (tertiary/aromatic N) is 1. The lowest BCUT2D eigenvalue weighted by Gasteiger charge is -2.28. The maximum Gasteiger partial charge on any atom is 0.254 e.